The molecule has 2 amide bonds. The molecule has 6 nitrogen and oxygen atoms in total. The minimum absolute atomic E-state index is 0.0532. The average molecular weight is 371 g/mol. The Morgan fingerprint density at radius 1 is 1.26 bits per heavy atom. The number of nitrogens with zero attached hydrogens (tertiary/aromatic N) is 2. The second kappa shape index (κ2) is 7.89. The summed E-state index contributed by atoms with van der Waals surface area (Å²) in [6.07, 6.45) is 4.05. The topological polar surface area (TPSA) is 61.9 Å². The molecule has 1 aromatic rings. The van der Waals surface area contributed by atoms with Gasteiger partial charge in [-0.3, -0.25) is 14.5 Å². The molecule has 2 unspecified atom stereocenters. The first-order valence-electron chi connectivity index (χ1n) is 10.0. The van der Waals surface area contributed by atoms with Gasteiger partial charge in [0, 0.05) is 44.2 Å². The maximum absolute atomic E-state index is 12.5. The van der Waals surface area contributed by atoms with Crippen LogP contribution < -0.4 is 10.1 Å². The first-order valence-corrected chi connectivity index (χ1v) is 10.0. The molecule has 3 saturated heterocycles. The van der Waals surface area contributed by atoms with E-state index in [2.05, 4.69) is 15.1 Å². The standard InChI is InChI=1S/C21H29N3O3/c1-27-19-7-3-2-5-16(19)10-22-20(25)14-23-11-15-9-17(13-23)18-6-4-8-21(26)24(18)12-15/h2-3,5,7,15,17-18H,4,6,8-14H2,1H3,(H,22,25)/t15?,17?,18-/m1/s1. The van der Waals surface area contributed by atoms with E-state index in [1.165, 1.54) is 6.42 Å². The van der Waals surface area contributed by atoms with Crippen molar-refractivity contribution in [1.29, 1.82) is 0 Å². The van der Waals surface area contributed by atoms with Crippen molar-refractivity contribution in [3.8, 4) is 5.75 Å². The van der Waals surface area contributed by atoms with Crippen LogP contribution in [0.2, 0.25) is 0 Å². The smallest absolute Gasteiger partial charge is 0.234 e. The van der Waals surface area contributed by atoms with Gasteiger partial charge in [0.2, 0.25) is 11.8 Å². The number of methoxy groups -OCH3 is 1. The van der Waals surface area contributed by atoms with Crippen molar-refractivity contribution >= 4 is 11.8 Å². The van der Waals surface area contributed by atoms with Gasteiger partial charge in [0.15, 0.2) is 0 Å². The third-order valence-electron chi connectivity index (χ3n) is 6.29. The number of carbonyl (C=O) groups is 2. The summed E-state index contributed by atoms with van der Waals surface area (Å²) in [5.41, 5.74) is 0.986. The van der Waals surface area contributed by atoms with Gasteiger partial charge in [-0.05, 0) is 37.2 Å². The summed E-state index contributed by atoms with van der Waals surface area (Å²) < 4.78 is 5.34. The van der Waals surface area contributed by atoms with Crippen LogP contribution in [0.1, 0.15) is 31.2 Å². The van der Waals surface area contributed by atoms with Gasteiger partial charge in [0.05, 0.1) is 13.7 Å². The van der Waals surface area contributed by atoms with E-state index in [1.54, 1.807) is 7.11 Å². The van der Waals surface area contributed by atoms with Gasteiger partial charge >= 0.3 is 0 Å². The maximum atomic E-state index is 12.5. The molecule has 146 valence electrons. The minimum atomic E-state index is 0.0532. The summed E-state index contributed by atoms with van der Waals surface area (Å²) in [6.45, 7) is 3.62. The summed E-state index contributed by atoms with van der Waals surface area (Å²) in [6, 6.07) is 8.15. The molecule has 1 N–H and O–H groups in total. The maximum Gasteiger partial charge on any atom is 0.234 e. The molecule has 6 heteroatoms. The van der Waals surface area contributed by atoms with Gasteiger partial charge in [0.1, 0.15) is 5.75 Å². The largest absolute Gasteiger partial charge is 0.496 e. The lowest BCUT2D eigenvalue weighted by molar-refractivity contribution is -0.145. The molecule has 3 aliphatic rings. The van der Waals surface area contributed by atoms with Crippen LogP contribution in [0.15, 0.2) is 24.3 Å². The van der Waals surface area contributed by atoms with Crippen molar-refractivity contribution in [2.45, 2.75) is 38.3 Å². The molecule has 0 saturated carbocycles. The molecule has 3 aliphatic heterocycles. The zero-order chi connectivity index (χ0) is 18.8. The molecule has 2 bridgehead atoms. The molecular weight excluding hydrogens is 342 g/mol. The number of fused-ring (bicyclic) bond motifs is 4. The highest BCUT2D eigenvalue weighted by atomic mass is 16.5. The lowest BCUT2D eigenvalue weighted by atomic mass is 9.76. The predicted octanol–water partition coefficient (Wildman–Crippen LogP) is 1.64. The van der Waals surface area contributed by atoms with Gasteiger partial charge in [0.25, 0.3) is 0 Å². The second-order valence-corrected chi connectivity index (χ2v) is 8.15. The molecule has 0 aliphatic carbocycles. The van der Waals surface area contributed by atoms with Crippen LogP contribution in [-0.4, -0.2) is 60.9 Å². The van der Waals surface area contributed by atoms with Crippen molar-refractivity contribution in [2.24, 2.45) is 11.8 Å². The Labute approximate surface area is 160 Å². The monoisotopic (exact) mass is 371 g/mol. The van der Waals surface area contributed by atoms with E-state index < -0.39 is 0 Å². The third kappa shape index (κ3) is 3.95. The van der Waals surface area contributed by atoms with E-state index >= 15 is 0 Å². The molecule has 3 atom stereocenters. The van der Waals surface area contributed by atoms with E-state index in [0.29, 0.717) is 43.3 Å². The second-order valence-electron chi connectivity index (χ2n) is 8.15. The lowest BCUT2D eigenvalue weighted by Crippen LogP contribution is -2.61. The Kier molecular flexibility index (Phi) is 5.34. The van der Waals surface area contributed by atoms with Crippen molar-refractivity contribution in [2.75, 3.05) is 33.3 Å². The van der Waals surface area contributed by atoms with E-state index in [0.717, 1.165) is 43.8 Å². The zero-order valence-corrected chi connectivity index (χ0v) is 16.0. The molecule has 0 aromatic heterocycles. The third-order valence-corrected chi connectivity index (χ3v) is 6.29. The Balaban J connectivity index is 1.31. The van der Waals surface area contributed by atoms with Gasteiger partial charge < -0.3 is 15.0 Å². The first-order chi connectivity index (χ1) is 13.1. The number of ether oxygens (including phenoxy) is 1. The van der Waals surface area contributed by atoms with Crippen LogP contribution >= 0.6 is 0 Å². The number of para-hydroxylation sites is 1. The van der Waals surface area contributed by atoms with Crippen LogP contribution in [-0.2, 0) is 16.1 Å². The van der Waals surface area contributed by atoms with E-state index in [-0.39, 0.29) is 5.91 Å². The number of likely N-dealkylation sites (tertiary alicyclic amines) is 1. The van der Waals surface area contributed by atoms with Crippen LogP contribution in [0.25, 0.3) is 0 Å². The number of nitrogens with one attached hydrogen (secondary N) is 1. The Hall–Kier alpha value is -2.08. The molecule has 0 radical (unpaired) electrons. The molecule has 0 spiro atoms. The Morgan fingerprint density at radius 2 is 2.11 bits per heavy atom. The van der Waals surface area contributed by atoms with E-state index in [4.69, 9.17) is 4.74 Å². The fraction of sp³-hybridized carbons (Fsp3) is 0.619. The van der Waals surface area contributed by atoms with Crippen molar-refractivity contribution < 1.29 is 14.3 Å². The van der Waals surface area contributed by atoms with Crippen molar-refractivity contribution in [1.82, 2.24) is 15.1 Å². The highest BCUT2D eigenvalue weighted by Crippen LogP contribution is 2.37. The van der Waals surface area contributed by atoms with Gasteiger partial charge in [-0.25, -0.2) is 0 Å². The van der Waals surface area contributed by atoms with Crippen molar-refractivity contribution in [3.63, 3.8) is 0 Å². The highest BCUT2D eigenvalue weighted by molar-refractivity contribution is 5.78. The van der Waals surface area contributed by atoms with E-state index in [9.17, 15) is 9.59 Å². The Morgan fingerprint density at radius 3 is 2.96 bits per heavy atom. The summed E-state index contributed by atoms with van der Waals surface area (Å²) in [4.78, 5) is 29.1. The number of rotatable bonds is 5. The van der Waals surface area contributed by atoms with Crippen LogP contribution in [0.4, 0.5) is 0 Å². The summed E-state index contributed by atoms with van der Waals surface area (Å²) >= 11 is 0. The number of hydrogen-bond donors (Lipinski definition) is 1. The molecule has 3 heterocycles. The lowest BCUT2D eigenvalue weighted by Gasteiger charge is -2.52. The van der Waals surface area contributed by atoms with Gasteiger partial charge in [-0.1, -0.05) is 18.2 Å². The SMILES string of the molecule is COc1ccccc1CNC(=O)CN1CC2CC(C1)[C@H]1CCCC(=O)N1C2. The summed E-state index contributed by atoms with van der Waals surface area (Å²) in [7, 11) is 1.65. The Bertz CT molecular complexity index is 708. The molecule has 1 aromatic carbocycles. The first kappa shape index (κ1) is 18.3. The molecule has 27 heavy (non-hydrogen) atoms. The quantitative estimate of drug-likeness (QED) is 0.855. The number of hydrogen-bond acceptors (Lipinski definition) is 4. The normalized spacial score (nSPS) is 27.8. The average Bonchev–Trinajstić information content (AvgIpc) is 2.67. The van der Waals surface area contributed by atoms with Crippen molar-refractivity contribution in [3.05, 3.63) is 29.8 Å². The molecule has 3 fully saturated rings. The number of amides is 2. The summed E-state index contributed by atoms with van der Waals surface area (Å²) in [5.74, 6) is 2.21. The van der Waals surface area contributed by atoms with Crippen LogP contribution in [0.5, 0.6) is 5.75 Å². The molecular formula is C21H29N3O3. The fourth-order valence-corrected chi connectivity index (χ4v) is 5.14. The van der Waals surface area contributed by atoms with Gasteiger partial charge in [-0.2, -0.15) is 0 Å². The molecule has 4 rings (SSSR count). The zero-order valence-electron chi connectivity index (χ0n) is 16.0. The number of benzene rings is 1. The highest BCUT2D eigenvalue weighted by Gasteiger charge is 2.43. The summed E-state index contributed by atoms with van der Waals surface area (Å²) in [5, 5.41) is 3.02. The fourth-order valence-electron chi connectivity index (χ4n) is 5.14. The minimum Gasteiger partial charge on any atom is -0.496 e. The van der Waals surface area contributed by atoms with E-state index in [1.807, 2.05) is 24.3 Å². The van der Waals surface area contributed by atoms with Gasteiger partial charge in [-0.15, -0.1) is 0 Å². The van der Waals surface area contributed by atoms with Crippen LogP contribution in [0.3, 0.4) is 0 Å². The number of carbonyl (C=O) groups excluding carboxylic acids is 2. The predicted molar refractivity (Wildman–Crippen MR) is 102 cm³/mol. The van der Waals surface area contributed by atoms with Crippen LogP contribution in [0, 0.1) is 11.8 Å². The number of piperidine rings is 3.